The molecule has 1 aromatic rings. The molecule has 0 heterocycles. The largest absolute Gasteiger partial charge is 0.483 e. The van der Waals surface area contributed by atoms with Crippen molar-refractivity contribution in [1.29, 1.82) is 0 Å². The molecule has 5 nitrogen and oxygen atoms in total. The van der Waals surface area contributed by atoms with E-state index in [1.54, 1.807) is 42.5 Å². The molecule has 1 unspecified atom stereocenters. The Balaban J connectivity index is 2.09. The zero-order valence-electron chi connectivity index (χ0n) is 9.87. The summed E-state index contributed by atoms with van der Waals surface area (Å²) in [6.07, 6.45) is 5.74. The molecule has 0 saturated carbocycles. The van der Waals surface area contributed by atoms with Crippen molar-refractivity contribution in [2.24, 2.45) is 10.4 Å². The molecule has 5 heteroatoms. The second-order valence-electron chi connectivity index (χ2n) is 4.26. The zero-order chi connectivity index (χ0) is 13.0. The van der Waals surface area contributed by atoms with Crippen LogP contribution in [0, 0.1) is 9.81 Å². The van der Waals surface area contributed by atoms with Crippen LogP contribution in [0.3, 0.4) is 0 Å². The molecule has 0 spiro atoms. The summed E-state index contributed by atoms with van der Waals surface area (Å²) < 4.78 is 5.82. The van der Waals surface area contributed by atoms with Gasteiger partial charge >= 0.3 is 0 Å². The van der Waals surface area contributed by atoms with E-state index in [2.05, 4.69) is 10.4 Å². The first-order valence-electron chi connectivity index (χ1n) is 5.50. The van der Waals surface area contributed by atoms with Gasteiger partial charge in [0.15, 0.2) is 0 Å². The second kappa shape index (κ2) is 4.91. The standard InChI is InChI=1S/C13H12N2O3/c1-13(8-6-11(15-17)7-9-13)18-12-4-2-10(14-16)3-5-12/h2-8H,9H2,1H3. The number of benzene rings is 1. The van der Waals surface area contributed by atoms with Crippen LogP contribution in [0.5, 0.6) is 5.75 Å². The minimum atomic E-state index is -0.510. The molecular weight excluding hydrogens is 232 g/mol. The molecule has 18 heavy (non-hydrogen) atoms. The highest BCUT2D eigenvalue weighted by Gasteiger charge is 2.24. The van der Waals surface area contributed by atoms with Gasteiger partial charge in [0, 0.05) is 6.42 Å². The van der Waals surface area contributed by atoms with Crippen LogP contribution in [0.15, 0.2) is 58.5 Å². The van der Waals surface area contributed by atoms with E-state index in [9.17, 15) is 9.81 Å². The SMILES string of the molecule is CC1(Oc2ccc(N=O)cc2)C=CC(N=O)=CC1. The quantitative estimate of drug-likeness (QED) is 0.756. The van der Waals surface area contributed by atoms with Gasteiger partial charge in [0.25, 0.3) is 0 Å². The summed E-state index contributed by atoms with van der Waals surface area (Å²) in [5.74, 6) is 0.644. The third-order valence-corrected chi connectivity index (χ3v) is 2.72. The Morgan fingerprint density at radius 1 is 1.17 bits per heavy atom. The fourth-order valence-electron chi connectivity index (χ4n) is 1.69. The lowest BCUT2D eigenvalue weighted by molar-refractivity contribution is 0.142. The van der Waals surface area contributed by atoms with E-state index >= 15 is 0 Å². The van der Waals surface area contributed by atoms with Crippen LogP contribution in [0.25, 0.3) is 0 Å². The lowest BCUT2D eigenvalue weighted by Gasteiger charge is -2.28. The van der Waals surface area contributed by atoms with E-state index in [1.165, 1.54) is 0 Å². The Bertz CT molecular complexity index is 520. The Hall–Kier alpha value is -2.30. The lowest BCUT2D eigenvalue weighted by atomic mass is 9.96. The third kappa shape index (κ3) is 2.68. The summed E-state index contributed by atoms with van der Waals surface area (Å²) in [6, 6.07) is 6.55. The summed E-state index contributed by atoms with van der Waals surface area (Å²) in [4.78, 5) is 20.6. The maximum Gasteiger partial charge on any atom is 0.128 e. The molecule has 0 saturated heterocycles. The van der Waals surface area contributed by atoms with Crippen LogP contribution in [0.1, 0.15) is 13.3 Å². The van der Waals surface area contributed by atoms with E-state index in [-0.39, 0.29) is 0 Å². The van der Waals surface area contributed by atoms with E-state index in [0.29, 0.717) is 23.6 Å². The highest BCUT2D eigenvalue weighted by molar-refractivity contribution is 5.41. The van der Waals surface area contributed by atoms with Gasteiger partial charge in [0.1, 0.15) is 22.7 Å². The average molecular weight is 244 g/mol. The number of hydrogen-bond donors (Lipinski definition) is 0. The predicted octanol–water partition coefficient (Wildman–Crippen LogP) is 3.83. The average Bonchev–Trinajstić information content (AvgIpc) is 2.40. The highest BCUT2D eigenvalue weighted by atomic mass is 16.5. The predicted molar refractivity (Wildman–Crippen MR) is 68.6 cm³/mol. The monoisotopic (exact) mass is 244 g/mol. The maximum absolute atomic E-state index is 10.3. The maximum atomic E-state index is 10.3. The number of rotatable bonds is 4. The number of ether oxygens (including phenoxy) is 1. The summed E-state index contributed by atoms with van der Waals surface area (Å²) >= 11 is 0. The smallest absolute Gasteiger partial charge is 0.128 e. The van der Waals surface area contributed by atoms with Crippen molar-refractivity contribution in [2.75, 3.05) is 0 Å². The van der Waals surface area contributed by atoms with Gasteiger partial charge in [0.05, 0.1) is 0 Å². The Morgan fingerprint density at radius 2 is 1.89 bits per heavy atom. The molecule has 1 aliphatic carbocycles. The van der Waals surface area contributed by atoms with E-state index in [4.69, 9.17) is 4.74 Å². The molecule has 0 N–H and O–H groups in total. The van der Waals surface area contributed by atoms with Crippen molar-refractivity contribution in [2.45, 2.75) is 18.9 Å². The van der Waals surface area contributed by atoms with Crippen molar-refractivity contribution in [3.8, 4) is 5.75 Å². The van der Waals surface area contributed by atoms with Crippen LogP contribution in [0.4, 0.5) is 5.69 Å². The Kier molecular flexibility index (Phi) is 3.32. The summed E-state index contributed by atoms with van der Waals surface area (Å²) in [5, 5.41) is 5.69. The first kappa shape index (κ1) is 12.2. The second-order valence-corrected chi connectivity index (χ2v) is 4.26. The normalized spacial score (nSPS) is 22.2. The first-order valence-corrected chi connectivity index (χ1v) is 5.50. The molecule has 1 aliphatic rings. The van der Waals surface area contributed by atoms with Gasteiger partial charge in [-0.25, -0.2) is 0 Å². The molecule has 2 rings (SSSR count). The van der Waals surface area contributed by atoms with Gasteiger partial charge in [-0.05, 0) is 53.7 Å². The lowest BCUT2D eigenvalue weighted by Crippen LogP contribution is -2.30. The summed E-state index contributed by atoms with van der Waals surface area (Å²) in [7, 11) is 0. The topological polar surface area (TPSA) is 68.1 Å². The highest BCUT2D eigenvalue weighted by Crippen LogP contribution is 2.28. The van der Waals surface area contributed by atoms with E-state index in [0.717, 1.165) is 0 Å². The molecular formula is C13H12N2O3. The van der Waals surface area contributed by atoms with Gasteiger partial charge in [-0.15, -0.1) is 9.81 Å². The van der Waals surface area contributed by atoms with Crippen molar-refractivity contribution >= 4 is 5.69 Å². The molecule has 1 aromatic carbocycles. The van der Waals surface area contributed by atoms with Gasteiger partial charge in [-0.1, -0.05) is 6.08 Å². The minimum Gasteiger partial charge on any atom is -0.483 e. The van der Waals surface area contributed by atoms with Crippen molar-refractivity contribution in [3.63, 3.8) is 0 Å². The van der Waals surface area contributed by atoms with Crippen LogP contribution >= 0.6 is 0 Å². The fraction of sp³-hybridized carbons (Fsp3) is 0.231. The third-order valence-electron chi connectivity index (χ3n) is 2.72. The van der Waals surface area contributed by atoms with E-state index < -0.39 is 5.60 Å². The van der Waals surface area contributed by atoms with Gasteiger partial charge in [-0.2, -0.15) is 0 Å². The number of nitrogens with zero attached hydrogens (tertiary/aromatic N) is 2. The van der Waals surface area contributed by atoms with Crippen molar-refractivity contribution in [3.05, 3.63) is 58.0 Å². The van der Waals surface area contributed by atoms with Crippen LogP contribution < -0.4 is 4.74 Å². The van der Waals surface area contributed by atoms with Crippen LogP contribution in [-0.2, 0) is 0 Å². The number of allylic oxidation sites excluding steroid dienone is 1. The fourth-order valence-corrected chi connectivity index (χ4v) is 1.69. The molecule has 1 atom stereocenters. The molecule has 0 aliphatic heterocycles. The number of hydrogen-bond acceptors (Lipinski definition) is 5. The van der Waals surface area contributed by atoms with Crippen LogP contribution in [-0.4, -0.2) is 5.60 Å². The van der Waals surface area contributed by atoms with Crippen LogP contribution in [0.2, 0.25) is 0 Å². The minimum absolute atomic E-state index is 0.360. The molecule has 0 radical (unpaired) electrons. The molecule has 0 fully saturated rings. The van der Waals surface area contributed by atoms with Crippen molar-refractivity contribution in [1.82, 2.24) is 0 Å². The Morgan fingerprint density at radius 3 is 2.39 bits per heavy atom. The number of nitroso groups, excluding NO2 is 2. The van der Waals surface area contributed by atoms with Gasteiger partial charge < -0.3 is 4.74 Å². The molecule has 92 valence electrons. The zero-order valence-corrected chi connectivity index (χ0v) is 9.87. The summed E-state index contributed by atoms with van der Waals surface area (Å²) in [6.45, 7) is 1.91. The van der Waals surface area contributed by atoms with Crippen molar-refractivity contribution < 1.29 is 4.74 Å². The van der Waals surface area contributed by atoms with E-state index in [1.807, 2.05) is 6.92 Å². The molecule has 0 aromatic heterocycles. The van der Waals surface area contributed by atoms with Gasteiger partial charge in [0.2, 0.25) is 0 Å². The van der Waals surface area contributed by atoms with Gasteiger partial charge in [-0.3, -0.25) is 0 Å². The molecule has 0 bridgehead atoms. The Labute approximate surface area is 104 Å². The first-order chi connectivity index (χ1) is 8.65. The summed E-state index contributed by atoms with van der Waals surface area (Å²) in [5.41, 5.74) is 0.264. The molecule has 0 amide bonds.